The van der Waals surface area contributed by atoms with Crippen molar-refractivity contribution in [1.29, 1.82) is 0 Å². The van der Waals surface area contributed by atoms with Gasteiger partial charge in [-0.2, -0.15) is 13.8 Å². The Bertz CT molecular complexity index is 1350. The van der Waals surface area contributed by atoms with Gasteiger partial charge in [-0.25, -0.2) is 4.98 Å². The first-order valence-corrected chi connectivity index (χ1v) is 12.4. The zero-order valence-electron chi connectivity index (χ0n) is 19.7. The van der Waals surface area contributed by atoms with E-state index in [1.165, 1.54) is 22.8 Å². The number of halogens is 3. The molecule has 3 aromatic rings. The molecule has 2 N–H and O–H groups in total. The van der Waals surface area contributed by atoms with E-state index in [0.717, 1.165) is 39.1 Å². The lowest BCUT2D eigenvalue weighted by Gasteiger charge is -2.43. The third-order valence-electron chi connectivity index (χ3n) is 6.67. The first-order valence-electron chi connectivity index (χ1n) is 12.0. The molecule has 3 aliphatic rings. The number of imidazole rings is 1. The summed E-state index contributed by atoms with van der Waals surface area (Å²) in [6.45, 7) is 8.87. The molecule has 194 valence electrons. The van der Waals surface area contributed by atoms with Crippen LogP contribution in [0.2, 0.25) is 5.02 Å². The van der Waals surface area contributed by atoms with E-state index >= 15 is 0 Å². The summed E-state index contributed by atoms with van der Waals surface area (Å²) in [4.78, 5) is 16.7. The molecule has 0 amide bonds. The Labute approximate surface area is 216 Å². The van der Waals surface area contributed by atoms with E-state index in [4.69, 9.17) is 27.6 Å². The van der Waals surface area contributed by atoms with Crippen molar-refractivity contribution in [3.8, 4) is 5.75 Å². The van der Waals surface area contributed by atoms with Crippen LogP contribution in [0.25, 0.3) is 10.5 Å². The quantitative estimate of drug-likeness (QED) is 0.421. The Kier molecular flexibility index (Phi) is 6.31. The molecule has 2 aliphatic heterocycles. The molecule has 14 heteroatoms. The van der Waals surface area contributed by atoms with Crippen molar-refractivity contribution in [3.05, 3.63) is 34.8 Å². The molecular weight excluding hydrogens is 508 g/mol. The maximum Gasteiger partial charge on any atom is 0.387 e. The number of anilines is 4. The molecule has 0 atom stereocenters. The van der Waals surface area contributed by atoms with Crippen LogP contribution in [0.5, 0.6) is 5.75 Å². The summed E-state index contributed by atoms with van der Waals surface area (Å²) in [5.74, 6) is 0.793. The molecule has 1 saturated carbocycles. The van der Waals surface area contributed by atoms with Crippen LogP contribution in [-0.4, -0.2) is 82.6 Å². The lowest BCUT2D eigenvalue weighted by Crippen LogP contribution is -2.56. The average Bonchev–Trinajstić information content (AvgIpc) is 3.56. The maximum atomic E-state index is 13.2. The predicted octanol–water partition coefficient (Wildman–Crippen LogP) is 3.77. The van der Waals surface area contributed by atoms with Crippen LogP contribution in [0, 0.1) is 6.57 Å². The van der Waals surface area contributed by atoms with E-state index < -0.39 is 6.61 Å². The summed E-state index contributed by atoms with van der Waals surface area (Å²) in [6, 6.07) is 3.63. The van der Waals surface area contributed by atoms with Crippen molar-refractivity contribution >= 4 is 46.2 Å². The van der Waals surface area contributed by atoms with Crippen molar-refractivity contribution in [2.24, 2.45) is 0 Å². The number of aromatic nitrogens is 4. The molecule has 0 radical (unpaired) electrons. The van der Waals surface area contributed by atoms with E-state index in [1.807, 2.05) is 0 Å². The summed E-state index contributed by atoms with van der Waals surface area (Å²) >= 11 is 6.81. The topological polar surface area (TPSA) is 96.4 Å². The standard InChI is InChI=1S/C23H24ClF2N9O2/c1-27-18-10-28-21-20(29-13-2-3-13)31-23(32-35(18)21)30-16-8-15(37-22(25)26)9-17(19(16)24)34-6-4-33(5-7-34)14-11-36-12-14/h8-10,13-14,22H,2-7,11-12H2,(H2,29,30,31,32). The Morgan fingerprint density at radius 2 is 1.97 bits per heavy atom. The molecule has 2 saturated heterocycles. The highest BCUT2D eigenvalue weighted by Crippen LogP contribution is 2.40. The second kappa shape index (κ2) is 9.77. The lowest BCUT2D eigenvalue weighted by atomic mass is 10.1. The number of rotatable bonds is 8. The third-order valence-corrected chi connectivity index (χ3v) is 7.06. The first kappa shape index (κ1) is 23.9. The average molecular weight is 532 g/mol. The van der Waals surface area contributed by atoms with Gasteiger partial charge in [0, 0.05) is 44.4 Å². The number of hydrogen-bond donors (Lipinski definition) is 2. The predicted molar refractivity (Wildman–Crippen MR) is 133 cm³/mol. The number of ether oxygens (including phenoxy) is 2. The summed E-state index contributed by atoms with van der Waals surface area (Å²) in [5.41, 5.74) is 1.32. The molecule has 1 aromatic carbocycles. The Morgan fingerprint density at radius 1 is 1.19 bits per heavy atom. The Morgan fingerprint density at radius 3 is 2.62 bits per heavy atom. The minimum Gasteiger partial charge on any atom is -0.435 e. The molecule has 6 rings (SSSR count). The number of benzene rings is 1. The van der Waals surface area contributed by atoms with Gasteiger partial charge < -0.3 is 29.9 Å². The van der Waals surface area contributed by atoms with Gasteiger partial charge in [0.2, 0.25) is 0 Å². The summed E-state index contributed by atoms with van der Waals surface area (Å²) in [6.07, 6.45) is 3.45. The summed E-state index contributed by atoms with van der Waals surface area (Å²) in [7, 11) is 0. The van der Waals surface area contributed by atoms with Gasteiger partial charge in [0.05, 0.1) is 41.8 Å². The van der Waals surface area contributed by atoms with E-state index in [-0.39, 0.29) is 23.6 Å². The highest BCUT2D eigenvalue weighted by molar-refractivity contribution is 6.36. The Hall–Kier alpha value is -3.47. The number of alkyl halides is 2. The van der Waals surface area contributed by atoms with Crippen molar-refractivity contribution in [2.75, 3.05) is 54.9 Å². The number of nitrogens with zero attached hydrogens (tertiary/aromatic N) is 7. The van der Waals surface area contributed by atoms with E-state index in [9.17, 15) is 8.78 Å². The number of hydrogen-bond acceptors (Lipinski definition) is 9. The number of fused-ring (bicyclic) bond motifs is 1. The molecule has 0 spiro atoms. The minimum atomic E-state index is -2.99. The van der Waals surface area contributed by atoms with Gasteiger partial charge in [0.1, 0.15) is 5.75 Å². The fraction of sp³-hybridized carbons (Fsp3) is 0.478. The second-order valence-corrected chi connectivity index (χ2v) is 9.57. The molecule has 1 aliphatic carbocycles. The van der Waals surface area contributed by atoms with Crippen molar-refractivity contribution in [2.45, 2.75) is 31.5 Å². The zero-order chi connectivity index (χ0) is 25.5. The fourth-order valence-corrected chi connectivity index (χ4v) is 4.75. The van der Waals surface area contributed by atoms with Gasteiger partial charge in [-0.1, -0.05) is 23.3 Å². The molecule has 3 fully saturated rings. The molecule has 37 heavy (non-hydrogen) atoms. The second-order valence-electron chi connectivity index (χ2n) is 9.19. The summed E-state index contributed by atoms with van der Waals surface area (Å²) in [5, 5.41) is 11.1. The SMILES string of the molecule is [C-]#[N+]c1cnc2c(NC3CC3)nc(Nc3cc(OC(F)F)cc(N4CCN(C5COC5)CC4)c3Cl)nn12. The molecule has 4 heterocycles. The van der Waals surface area contributed by atoms with Gasteiger partial charge in [0.15, 0.2) is 5.82 Å². The lowest BCUT2D eigenvalue weighted by molar-refractivity contribution is -0.0660. The van der Waals surface area contributed by atoms with Crippen LogP contribution in [0.3, 0.4) is 0 Å². The largest absolute Gasteiger partial charge is 0.435 e. The van der Waals surface area contributed by atoms with E-state index in [0.29, 0.717) is 47.0 Å². The minimum absolute atomic E-state index is 0.0337. The van der Waals surface area contributed by atoms with E-state index in [1.54, 1.807) is 0 Å². The van der Waals surface area contributed by atoms with E-state index in [2.05, 4.69) is 40.3 Å². The van der Waals surface area contributed by atoms with Crippen molar-refractivity contribution in [3.63, 3.8) is 0 Å². The normalized spacial score (nSPS) is 18.6. The van der Waals surface area contributed by atoms with Gasteiger partial charge in [-0.3, -0.25) is 4.90 Å². The highest BCUT2D eigenvalue weighted by atomic mass is 35.5. The monoisotopic (exact) mass is 531 g/mol. The zero-order valence-corrected chi connectivity index (χ0v) is 20.5. The van der Waals surface area contributed by atoms with Gasteiger partial charge in [0.25, 0.3) is 17.4 Å². The molecule has 0 bridgehead atoms. The van der Waals surface area contributed by atoms with Gasteiger partial charge in [-0.05, 0) is 12.8 Å². The molecular formula is C23H24ClF2N9O2. The van der Waals surface area contributed by atoms with Crippen LogP contribution in [-0.2, 0) is 4.74 Å². The first-order chi connectivity index (χ1) is 18.0. The van der Waals surface area contributed by atoms with Crippen LogP contribution in [0.1, 0.15) is 12.8 Å². The molecule has 11 nitrogen and oxygen atoms in total. The van der Waals surface area contributed by atoms with Crippen molar-refractivity contribution in [1.82, 2.24) is 24.5 Å². The van der Waals surface area contributed by atoms with Gasteiger partial charge >= 0.3 is 6.61 Å². The smallest absolute Gasteiger partial charge is 0.387 e. The number of nitrogens with one attached hydrogen (secondary N) is 2. The van der Waals surface area contributed by atoms with Gasteiger partial charge in [-0.15, -0.1) is 4.52 Å². The fourth-order valence-electron chi connectivity index (χ4n) is 4.47. The van der Waals surface area contributed by atoms with Crippen LogP contribution in [0.4, 0.5) is 37.7 Å². The molecule has 0 unspecified atom stereocenters. The Balaban J connectivity index is 1.32. The van der Waals surface area contributed by atoms with Crippen molar-refractivity contribution < 1.29 is 18.3 Å². The molecule has 2 aromatic heterocycles. The third kappa shape index (κ3) is 4.92. The maximum absolute atomic E-state index is 13.2. The van der Waals surface area contributed by atoms with Crippen LogP contribution in [0.15, 0.2) is 18.3 Å². The number of piperazine rings is 1. The highest BCUT2D eigenvalue weighted by Gasteiger charge is 2.30. The van der Waals surface area contributed by atoms with Crippen LogP contribution < -0.4 is 20.3 Å². The van der Waals surface area contributed by atoms with Crippen LogP contribution >= 0.6 is 11.6 Å². The summed E-state index contributed by atoms with van der Waals surface area (Å²) < 4.78 is 37.8.